The van der Waals surface area contributed by atoms with E-state index in [1.165, 1.54) is 18.3 Å². The second-order valence-electron chi connectivity index (χ2n) is 3.49. The molecule has 2 heterocycles. The van der Waals surface area contributed by atoms with Gasteiger partial charge in [-0.15, -0.1) is 11.3 Å². The van der Waals surface area contributed by atoms with E-state index in [1.54, 1.807) is 13.0 Å². The molecule has 0 aliphatic rings. The summed E-state index contributed by atoms with van der Waals surface area (Å²) in [5.41, 5.74) is 1.44. The summed E-state index contributed by atoms with van der Waals surface area (Å²) in [6.45, 7) is 1.77. The molecule has 17 heavy (non-hydrogen) atoms. The maximum Gasteiger partial charge on any atom is 0.247 e. The molecule has 7 heteroatoms. The monoisotopic (exact) mass is 272 g/mol. The molecule has 0 aromatic carbocycles. The summed E-state index contributed by atoms with van der Waals surface area (Å²) in [6, 6.07) is 4.28. The van der Waals surface area contributed by atoms with Crippen LogP contribution in [-0.4, -0.2) is 13.4 Å². The lowest BCUT2D eigenvalue weighted by Crippen LogP contribution is -2.09. The van der Waals surface area contributed by atoms with E-state index >= 15 is 0 Å². The molecule has 0 fully saturated rings. The Bertz CT molecular complexity index is 647. The van der Waals surface area contributed by atoms with Gasteiger partial charge in [0, 0.05) is 16.6 Å². The molecule has 0 unspecified atom stereocenters. The van der Waals surface area contributed by atoms with Crippen molar-refractivity contribution in [2.24, 2.45) is 5.14 Å². The summed E-state index contributed by atoms with van der Waals surface area (Å²) in [4.78, 5) is 4.25. The number of nitrogens with zero attached hydrogens (tertiary/aromatic N) is 1. The molecule has 2 rings (SSSR count). The van der Waals surface area contributed by atoms with E-state index in [4.69, 9.17) is 5.14 Å². The van der Waals surface area contributed by atoms with Crippen LogP contribution >= 0.6 is 11.3 Å². The topological polar surface area (TPSA) is 73.1 Å². The second-order valence-corrected chi connectivity index (χ2v) is 6.33. The van der Waals surface area contributed by atoms with Crippen molar-refractivity contribution in [2.75, 3.05) is 0 Å². The van der Waals surface area contributed by atoms with Gasteiger partial charge in [0.25, 0.3) is 0 Å². The van der Waals surface area contributed by atoms with Gasteiger partial charge in [0.15, 0.2) is 0 Å². The molecule has 0 saturated carbocycles. The molecule has 0 spiro atoms. The van der Waals surface area contributed by atoms with Crippen LogP contribution in [0.1, 0.15) is 5.56 Å². The van der Waals surface area contributed by atoms with E-state index in [-0.39, 0.29) is 4.21 Å². The van der Waals surface area contributed by atoms with Crippen LogP contribution in [0.15, 0.2) is 28.6 Å². The maximum atomic E-state index is 12.7. The number of halogens is 1. The van der Waals surface area contributed by atoms with E-state index in [1.807, 2.05) is 0 Å². The van der Waals surface area contributed by atoms with Crippen molar-refractivity contribution in [3.63, 3.8) is 0 Å². The van der Waals surface area contributed by atoms with Gasteiger partial charge < -0.3 is 0 Å². The standard InChI is InChI=1S/C10H9FN2O2S2/c1-6-4-9(17(12,14)15)16-10(6)7-2-3-8(11)13-5-7/h2-5H,1H3,(H2,12,14,15). The number of hydrogen-bond donors (Lipinski definition) is 1. The zero-order chi connectivity index (χ0) is 12.6. The summed E-state index contributed by atoms with van der Waals surface area (Å²) >= 11 is 1.05. The van der Waals surface area contributed by atoms with Crippen LogP contribution in [0.5, 0.6) is 0 Å². The first-order valence-electron chi connectivity index (χ1n) is 4.63. The fraction of sp³-hybridized carbons (Fsp3) is 0.100. The molecule has 0 saturated heterocycles. The van der Waals surface area contributed by atoms with Crippen LogP contribution in [0.3, 0.4) is 0 Å². The Morgan fingerprint density at radius 1 is 1.41 bits per heavy atom. The first-order chi connectivity index (χ1) is 7.88. The summed E-state index contributed by atoms with van der Waals surface area (Å²) in [7, 11) is -3.70. The van der Waals surface area contributed by atoms with E-state index in [0.717, 1.165) is 21.8 Å². The van der Waals surface area contributed by atoms with Crippen LogP contribution in [-0.2, 0) is 10.0 Å². The third-order valence-corrected chi connectivity index (χ3v) is 4.87. The third-order valence-electron chi connectivity index (χ3n) is 2.17. The normalized spacial score (nSPS) is 11.7. The highest BCUT2D eigenvalue weighted by Crippen LogP contribution is 2.33. The van der Waals surface area contributed by atoms with E-state index < -0.39 is 16.0 Å². The van der Waals surface area contributed by atoms with Gasteiger partial charge in [-0.3, -0.25) is 0 Å². The Labute approximate surface area is 102 Å². The molecule has 0 aliphatic heterocycles. The fourth-order valence-electron chi connectivity index (χ4n) is 1.39. The van der Waals surface area contributed by atoms with Crippen molar-refractivity contribution in [2.45, 2.75) is 11.1 Å². The minimum Gasteiger partial charge on any atom is -0.228 e. The van der Waals surface area contributed by atoms with Crippen LogP contribution in [0, 0.1) is 12.9 Å². The SMILES string of the molecule is Cc1cc(S(N)(=O)=O)sc1-c1ccc(F)nc1. The summed E-state index contributed by atoms with van der Waals surface area (Å²) < 4.78 is 35.2. The number of nitrogens with two attached hydrogens (primary N) is 1. The van der Waals surface area contributed by atoms with Crippen LogP contribution in [0.2, 0.25) is 0 Å². The number of primary sulfonamides is 1. The second kappa shape index (κ2) is 4.17. The van der Waals surface area contributed by atoms with Gasteiger partial charge in [0.05, 0.1) is 0 Å². The van der Waals surface area contributed by atoms with Crippen molar-refractivity contribution in [3.8, 4) is 10.4 Å². The predicted octanol–water partition coefficient (Wildman–Crippen LogP) is 1.91. The lowest BCUT2D eigenvalue weighted by Gasteiger charge is -1.98. The van der Waals surface area contributed by atoms with Gasteiger partial charge in [-0.05, 0) is 30.7 Å². The lowest BCUT2D eigenvalue weighted by atomic mass is 10.2. The number of sulfonamides is 1. The average molecular weight is 272 g/mol. The number of rotatable bonds is 2. The molecular formula is C10H9FN2O2S2. The number of thiophene rings is 1. The Morgan fingerprint density at radius 2 is 2.12 bits per heavy atom. The Kier molecular flexibility index (Phi) is 2.98. The Morgan fingerprint density at radius 3 is 2.59 bits per heavy atom. The number of hydrogen-bond acceptors (Lipinski definition) is 4. The minimum absolute atomic E-state index is 0.0920. The molecule has 2 N–H and O–H groups in total. The quantitative estimate of drug-likeness (QED) is 0.849. The summed E-state index contributed by atoms with van der Waals surface area (Å²) in [5.74, 6) is -0.574. The van der Waals surface area contributed by atoms with Gasteiger partial charge in [0.1, 0.15) is 4.21 Å². The molecule has 0 atom stereocenters. The van der Waals surface area contributed by atoms with Gasteiger partial charge in [-0.25, -0.2) is 18.5 Å². The smallest absolute Gasteiger partial charge is 0.228 e. The average Bonchev–Trinajstić information content (AvgIpc) is 2.61. The Hall–Kier alpha value is -1.31. The molecule has 2 aromatic rings. The van der Waals surface area contributed by atoms with Crippen molar-refractivity contribution in [1.82, 2.24) is 4.98 Å². The molecule has 2 aromatic heterocycles. The highest BCUT2D eigenvalue weighted by Gasteiger charge is 2.15. The lowest BCUT2D eigenvalue weighted by molar-refractivity contribution is 0.584. The van der Waals surface area contributed by atoms with Gasteiger partial charge in [-0.2, -0.15) is 4.39 Å². The number of pyridine rings is 1. The molecule has 0 aliphatic carbocycles. The van der Waals surface area contributed by atoms with E-state index in [9.17, 15) is 12.8 Å². The van der Waals surface area contributed by atoms with Crippen molar-refractivity contribution in [1.29, 1.82) is 0 Å². The molecule has 90 valence electrons. The van der Waals surface area contributed by atoms with Crippen LogP contribution in [0.4, 0.5) is 4.39 Å². The van der Waals surface area contributed by atoms with E-state index in [2.05, 4.69) is 4.98 Å². The zero-order valence-corrected chi connectivity index (χ0v) is 10.5. The van der Waals surface area contributed by atoms with Crippen LogP contribution in [0.25, 0.3) is 10.4 Å². The first-order valence-corrected chi connectivity index (χ1v) is 6.99. The number of aryl methyl sites for hydroxylation is 1. The molecule has 0 radical (unpaired) electrons. The molecular weight excluding hydrogens is 263 g/mol. The number of aromatic nitrogens is 1. The predicted molar refractivity (Wildman–Crippen MR) is 63.6 cm³/mol. The first kappa shape index (κ1) is 12.2. The zero-order valence-electron chi connectivity index (χ0n) is 8.84. The highest BCUT2D eigenvalue weighted by atomic mass is 32.2. The van der Waals surface area contributed by atoms with Crippen LogP contribution < -0.4 is 5.14 Å². The largest absolute Gasteiger partial charge is 0.247 e. The van der Waals surface area contributed by atoms with Gasteiger partial charge in [-0.1, -0.05) is 0 Å². The summed E-state index contributed by atoms with van der Waals surface area (Å²) in [5, 5.41) is 5.05. The molecule has 4 nitrogen and oxygen atoms in total. The van der Waals surface area contributed by atoms with Crippen molar-refractivity contribution >= 4 is 21.4 Å². The van der Waals surface area contributed by atoms with Gasteiger partial charge >= 0.3 is 0 Å². The van der Waals surface area contributed by atoms with Crippen molar-refractivity contribution in [3.05, 3.63) is 35.9 Å². The minimum atomic E-state index is -3.70. The summed E-state index contributed by atoms with van der Waals surface area (Å²) in [6.07, 6.45) is 1.36. The van der Waals surface area contributed by atoms with Crippen molar-refractivity contribution < 1.29 is 12.8 Å². The third kappa shape index (κ3) is 2.51. The van der Waals surface area contributed by atoms with E-state index in [0.29, 0.717) is 5.56 Å². The maximum absolute atomic E-state index is 12.7. The fourth-order valence-corrected chi connectivity index (χ4v) is 3.34. The molecule has 0 amide bonds. The Balaban J connectivity index is 2.54. The molecule has 0 bridgehead atoms. The van der Waals surface area contributed by atoms with Gasteiger partial charge in [0.2, 0.25) is 16.0 Å². The highest BCUT2D eigenvalue weighted by molar-refractivity contribution is 7.91.